The van der Waals surface area contributed by atoms with Crippen molar-refractivity contribution in [3.8, 4) is 5.75 Å². The topological polar surface area (TPSA) is 36.0 Å². The lowest BCUT2D eigenvalue weighted by atomic mass is 9.99. The van der Waals surface area contributed by atoms with Gasteiger partial charge in [-0.15, -0.1) is 0 Å². The number of aryl methyl sites for hydroxylation is 1. The SMILES string of the molecule is Cc1ccc(COc2ccc(N3CCN(CCC(=O)N4CCC(C)CC4)CC3)cc2)cc1. The molecule has 0 aromatic heterocycles. The molecule has 5 heteroatoms. The van der Waals surface area contributed by atoms with Gasteiger partial charge in [-0.3, -0.25) is 9.69 Å². The van der Waals surface area contributed by atoms with Gasteiger partial charge in [0.15, 0.2) is 0 Å². The third kappa shape index (κ3) is 6.26. The van der Waals surface area contributed by atoms with E-state index in [0.717, 1.165) is 70.3 Å². The van der Waals surface area contributed by atoms with Crippen molar-refractivity contribution >= 4 is 11.6 Å². The van der Waals surface area contributed by atoms with Gasteiger partial charge < -0.3 is 14.5 Å². The van der Waals surface area contributed by atoms with Gasteiger partial charge in [0.25, 0.3) is 0 Å². The molecule has 0 saturated carbocycles. The maximum absolute atomic E-state index is 12.5. The number of amides is 1. The molecule has 2 heterocycles. The molecule has 0 radical (unpaired) electrons. The highest BCUT2D eigenvalue weighted by molar-refractivity contribution is 5.76. The molecule has 0 unspecified atom stereocenters. The van der Waals surface area contributed by atoms with Crippen molar-refractivity contribution in [3.63, 3.8) is 0 Å². The number of likely N-dealkylation sites (tertiary alicyclic amines) is 1. The molecule has 0 spiro atoms. The molecule has 0 bridgehead atoms. The fourth-order valence-electron chi connectivity index (χ4n) is 4.50. The first-order chi connectivity index (χ1) is 15.6. The summed E-state index contributed by atoms with van der Waals surface area (Å²) < 4.78 is 5.94. The quantitative estimate of drug-likeness (QED) is 0.648. The highest BCUT2D eigenvalue weighted by Gasteiger charge is 2.22. The normalized spacial score (nSPS) is 18.1. The summed E-state index contributed by atoms with van der Waals surface area (Å²) in [7, 11) is 0. The van der Waals surface area contributed by atoms with Crippen LogP contribution in [-0.2, 0) is 11.4 Å². The summed E-state index contributed by atoms with van der Waals surface area (Å²) in [5, 5.41) is 0. The van der Waals surface area contributed by atoms with Crippen molar-refractivity contribution in [1.29, 1.82) is 0 Å². The second-order valence-electron chi connectivity index (χ2n) is 9.41. The number of nitrogens with zero attached hydrogens (tertiary/aromatic N) is 3. The second-order valence-corrected chi connectivity index (χ2v) is 9.41. The minimum absolute atomic E-state index is 0.334. The first-order valence-electron chi connectivity index (χ1n) is 12.1. The smallest absolute Gasteiger partial charge is 0.223 e. The first kappa shape index (κ1) is 22.7. The minimum Gasteiger partial charge on any atom is -0.489 e. The predicted molar refractivity (Wildman–Crippen MR) is 130 cm³/mol. The number of piperazine rings is 1. The fourth-order valence-corrected chi connectivity index (χ4v) is 4.50. The summed E-state index contributed by atoms with van der Waals surface area (Å²) in [4.78, 5) is 19.4. The summed E-state index contributed by atoms with van der Waals surface area (Å²) in [6.45, 7) is 11.8. The number of piperidine rings is 1. The van der Waals surface area contributed by atoms with E-state index in [-0.39, 0.29) is 0 Å². The van der Waals surface area contributed by atoms with Crippen LogP contribution in [0.5, 0.6) is 5.75 Å². The van der Waals surface area contributed by atoms with Gasteiger partial charge >= 0.3 is 0 Å². The van der Waals surface area contributed by atoms with Crippen molar-refractivity contribution in [2.24, 2.45) is 5.92 Å². The van der Waals surface area contributed by atoms with E-state index < -0.39 is 0 Å². The molecule has 4 rings (SSSR count). The van der Waals surface area contributed by atoms with Crippen LogP contribution in [0.3, 0.4) is 0 Å². The van der Waals surface area contributed by atoms with Gasteiger partial charge in [0.1, 0.15) is 12.4 Å². The van der Waals surface area contributed by atoms with E-state index in [2.05, 4.69) is 77.1 Å². The zero-order chi connectivity index (χ0) is 22.3. The molecule has 32 heavy (non-hydrogen) atoms. The molecule has 0 atom stereocenters. The zero-order valence-electron chi connectivity index (χ0n) is 19.6. The highest BCUT2D eigenvalue weighted by atomic mass is 16.5. The first-order valence-corrected chi connectivity index (χ1v) is 12.1. The third-order valence-electron chi connectivity index (χ3n) is 6.88. The number of ether oxygens (including phenoxy) is 1. The van der Waals surface area contributed by atoms with Gasteiger partial charge in [-0.1, -0.05) is 36.8 Å². The Balaban J connectivity index is 1.18. The fraction of sp³-hybridized carbons (Fsp3) is 0.519. The number of anilines is 1. The lowest BCUT2D eigenvalue weighted by Gasteiger charge is -2.36. The Morgan fingerprint density at radius 3 is 2.22 bits per heavy atom. The minimum atomic E-state index is 0.334. The standard InChI is InChI=1S/C27H37N3O2/c1-22-3-5-24(6-4-22)21-32-26-9-7-25(8-10-26)29-19-17-28(18-20-29)14-13-27(31)30-15-11-23(2)12-16-30/h3-10,23H,11-21H2,1-2H3. The molecule has 2 saturated heterocycles. The molecule has 1 amide bonds. The summed E-state index contributed by atoms with van der Waals surface area (Å²) >= 11 is 0. The van der Waals surface area contributed by atoms with Crippen molar-refractivity contribution in [3.05, 3.63) is 59.7 Å². The largest absolute Gasteiger partial charge is 0.489 e. The summed E-state index contributed by atoms with van der Waals surface area (Å²) in [5.41, 5.74) is 3.69. The van der Waals surface area contributed by atoms with E-state index in [0.29, 0.717) is 18.9 Å². The van der Waals surface area contributed by atoms with Crippen molar-refractivity contribution < 1.29 is 9.53 Å². The summed E-state index contributed by atoms with van der Waals surface area (Å²) in [5.74, 6) is 2.00. The maximum atomic E-state index is 12.5. The summed E-state index contributed by atoms with van der Waals surface area (Å²) in [6, 6.07) is 16.9. The second kappa shape index (κ2) is 10.9. The van der Waals surface area contributed by atoms with Crippen molar-refractivity contribution in [2.45, 2.75) is 39.7 Å². The highest BCUT2D eigenvalue weighted by Crippen LogP contribution is 2.22. The molecule has 2 aliphatic heterocycles. The maximum Gasteiger partial charge on any atom is 0.223 e. The van der Waals surface area contributed by atoms with Crippen LogP contribution in [0.2, 0.25) is 0 Å². The lowest BCUT2D eigenvalue weighted by molar-refractivity contribution is -0.132. The van der Waals surface area contributed by atoms with Crippen molar-refractivity contribution in [1.82, 2.24) is 9.80 Å². The molecule has 0 N–H and O–H groups in total. The molecule has 2 fully saturated rings. The zero-order valence-corrected chi connectivity index (χ0v) is 19.6. The molecular weight excluding hydrogens is 398 g/mol. The average Bonchev–Trinajstić information content (AvgIpc) is 2.83. The van der Waals surface area contributed by atoms with Crippen LogP contribution in [0.1, 0.15) is 37.3 Å². The average molecular weight is 436 g/mol. The lowest BCUT2D eigenvalue weighted by Crippen LogP contribution is -2.47. The Morgan fingerprint density at radius 2 is 1.56 bits per heavy atom. The molecule has 172 valence electrons. The van der Waals surface area contributed by atoms with E-state index in [1.807, 2.05) is 0 Å². The molecule has 2 aromatic carbocycles. The Hall–Kier alpha value is -2.53. The molecule has 2 aliphatic rings. The number of carbonyl (C=O) groups excluding carboxylic acids is 1. The van der Waals surface area contributed by atoms with E-state index in [9.17, 15) is 4.79 Å². The number of hydrogen-bond acceptors (Lipinski definition) is 4. The van der Waals surface area contributed by atoms with E-state index >= 15 is 0 Å². The molecule has 0 aliphatic carbocycles. The van der Waals surface area contributed by atoms with Crippen LogP contribution < -0.4 is 9.64 Å². The molecular formula is C27H37N3O2. The van der Waals surface area contributed by atoms with Gasteiger partial charge in [-0.2, -0.15) is 0 Å². The number of benzene rings is 2. The number of rotatable bonds is 7. The Labute approximate surface area is 193 Å². The Kier molecular flexibility index (Phi) is 7.69. The van der Waals surface area contributed by atoms with Gasteiger partial charge in [0.2, 0.25) is 5.91 Å². The van der Waals surface area contributed by atoms with Gasteiger partial charge in [0, 0.05) is 57.9 Å². The summed E-state index contributed by atoms with van der Waals surface area (Å²) in [6.07, 6.45) is 2.96. The van der Waals surface area contributed by atoms with Gasteiger partial charge in [-0.05, 0) is 55.5 Å². The van der Waals surface area contributed by atoms with Crippen LogP contribution in [0, 0.1) is 12.8 Å². The Bertz CT molecular complexity index is 849. The van der Waals surface area contributed by atoms with Gasteiger partial charge in [0.05, 0.1) is 0 Å². The third-order valence-corrected chi connectivity index (χ3v) is 6.88. The number of hydrogen-bond donors (Lipinski definition) is 0. The van der Waals surface area contributed by atoms with Crippen LogP contribution in [0.4, 0.5) is 5.69 Å². The predicted octanol–water partition coefficient (Wildman–Crippen LogP) is 4.34. The Morgan fingerprint density at radius 1 is 0.906 bits per heavy atom. The van der Waals surface area contributed by atoms with Crippen LogP contribution in [0.25, 0.3) is 0 Å². The van der Waals surface area contributed by atoms with Crippen LogP contribution in [-0.4, -0.2) is 61.5 Å². The van der Waals surface area contributed by atoms with Crippen molar-refractivity contribution in [2.75, 3.05) is 50.7 Å². The monoisotopic (exact) mass is 435 g/mol. The van der Waals surface area contributed by atoms with E-state index in [1.54, 1.807) is 0 Å². The van der Waals surface area contributed by atoms with E-state index in [4.69, 9.17) is 4.74 Å². The molecule has 2 aromatic rings. The van der Waals surface area contributed by atoms with E-state index in [1.165, 1.54) is 16.8 Å². The van der Waals surface area contributed by atoms with Crippen LogP contribution in [0.15, 0.2) is 48.5 Å². The van der Waals surface area contributed by atoms with Gasteiger partial charge in [-0.25, -0.2) is 0 Å². The van der Waals surface area contributed by atoms with Crippen LogP contribution >= 0.6 is 0 Å². The molecule has 5 nitrogen and oxygen atoms in total. The number of carbonyl (C=O) groups is 1.